The summed E-state index contributed by atoms with van der Waals surface area (Å²) in [5.74, 6) is -0.939. The third-order valence-corrected chi connectivity index (χ3v) is 8.80. The van der Waals surface area contributed by atoms with Crippen LogP contribution in [-0.2, 0) is 26.2 Å². The van der Waals surface area contributed by atoms with Gasteiger partial charge in [0.15, 0.2) is 0 Å². The SMILES string of the molecule is CCCNC(=O)[C@@H](C)N(Cc1cccc(Cl)c1)C(=O)CN(c1ccc(Cl)c(Cl)c1)S(=O)(=O)c1ccc(C)cc1. The number of rotatable bonds is 11. The number of hydrogen-bond donors (Lipinski definition) is 1. The predicted molar refractivity (Wildman–Crippen MR) is 157 cm³/mol. The van der Waals surface area contributed by atoms with Crippen LogP contribution in [0.25, 0.3) is 0 Å². The monoisotopic (exact) mass is 609 g/mol. The standard InChI is InChI=1S/C28H30Cl3N3O4S/c1-4-14-32-28(36)20(3)33(17-21-6-5-7-22(29)15-21)27(35)18-34(23-10-13-25(30)26(31)16-23)39(37,38)24-11-8-19(2)9-12-24/h5-13,15-16,20H,4,14,17-18H2,1-3H3,(H,32,36)/t20-/m1/s1. The van der Waals surface area contributed by atoms with Gasteiger partial charge >= 0.3 is 0 Å². The van der Waals surface area contributed by atoms with E-state index in [9.17, 15) is 18.0 Å². The molecule has 0 bridgehead atoms. The van der Waals surface area contributed by atoms with Crippen molar-refractivity contribution in [3.05, 3.63) is 92.9 Å². The smallest absolute Gasteiger partial charge is 0.264 e. The molecule has 39 heavy (non-hydrogen) atoms. The Morgan fingerprint density at radius 1 is 0.949 bits per heavy atom. The van der Waals surface area contributed by atoms with E-state index in [1.165, 1.54) is 35.2 Å². The van der Waals surface area contributed by atoms with Crippen LogP contribution in [0.3, 0.4) is 0 Å². The number of carbonyl (C=O) groups excluding carboxylic acids is 2. The van der Waals surface area contributed by atoms with E-state index in [4.69, 9.17) is 34.8 Å². The molecule has 3 rings (SSSR count). The fourth-order valence-electron chi connectivity index (χ4n) is 3.82. The number of benzene rings is 3. The van der Waals surface area contributed by atoms with E-state index in [0.29, 0.717) is 17.1 Å². The molecule has 208 valence electrons. The fourth-order valence-corrected chi connectivity index (χ4v) is 5.73. The second kappa shape index (κ2) is 13.5. The van der Waals surface area contributed by atoms with Crippen molar-refractivity contribution in [1.29, 1.82) is 0 Å². The summed E-state index contributed by atoms with van der Waals surface area (Å²) in [5.41, 5.74) is 1.73. The van der Waals surface area contributed by atoms with E-state index in [1.807, 2.05) is 13.8 Å². The summed E-state index contributed by atoms with van der Waals surface area (Å²) >= 11 is 18.5. The Hall–Kier alpha value is -2.78. The normalized spacial score (nSPS) is 12.1. The topological polar surface area (TPSA) is 86.8 Å². The number of carbonyl (C=O) groups is 2. The molecule has 2 amide bonds. The largest absolute Gasteiger partial charge is 0.354 e. The summed E-state index contributed by atoms with van der Waals surface area (Å²) in [6, 6.07) is 16.7. The number of halogens is 3. The Labute approximate surface area is 244 Å². The van der Waals surface area contributed by atoms with Crippen LogP contribution in [0.1, 0.15) is 31.4 Å². The second-order valence-corrected chi connectivity index (χ2v) is 12.2. The molecule has 0 unspecified atom stereocenters. The molecule has 0 radical (unpaired) electrons. The molecule has 0 saturated heterocycles. The van der Waals surface area contributed by atoms with Crippen LogP contribution in [0, 0.1) is 6.92 Å². The first kappa shape index (κ1) is 30.8. The lowest BCUT2D eigenvalue weighted by Crippen LogP contribution is -2.51. The van der Waals surface area contributed by atoms with Crippen molar-refractivity contribution in [2.24, 2.45) is 0 Å². The molecule has 0 aliphatic heterocycles. The number of amides is 2. The van der Waals surface area contributed by atoms with Crippen molar-refractivity contribution >= 4 is 62.3 Å². The summed E-state index contributed by atoms with van der Waals surface area (Å²) in [6.07, 6.45) is 0.723. The molecule has 3 aromatic carbocycles. The van der Waals surface area contributed by atoms with Gasteiger partial charge < -0.3 is 10.2 Å². The molecule has 0 spiro atoms. The third kappa shape index (κ3) is 7.88. The molecular weight excluding hydrogens is 581 g/mol. The first-order valence-corrected chi connectivity index (χ1v) is 14.9. The highest BCUT2D eigenvalue weighted by Gasteiger charge is 2.32. The molecule has 0 aromatic heterocycles. The zero-order chi connectivity index (χ0) is 28.7. The molecule has 0 aliphatic rings. The van der Waals surface area contributed by atoms with Crippen molar-refractivity contribution < 1.29 is 18.0 Å². The van der Waals surface area contributed by atoms with Crippen molar-refractivity contribution in [3.8, 4) is 0 Å². The van der Waals surface area contributed by atoms with Crippen LogP contribution in [-0.4, -0.2) is 44.3 Å². The fraction of sp³-hybridized carbons (Fsp3) is 0.286. The van der Waals surface area contributed by atoms with Gasteiger partial charge in [-0.3, -0.25) is 13.9 Å². The Kier molecular flexibility index (Phi) is 10.7. The number of hydrogen-bond acceptors (Lipinski definition) is 4. The van der Waals surface area contributed by atoms with Crippen LogP contribution in [0.5, 0.6) is 0 Å². The van der Waals surface area contributed by atoms with E-state index < -0.39 is 28.5 Å². The van der Waals surface area contributed by atoms with Crippen LogP contribution >= 0.6 is 34.8 Å². The highest BCUT2D eigenvalue weighted by atomic mass is 35.5. The highest BCUT2D eigenvalue weighted by molar-refractivity contribution is 7.92. The lowest BCUT2D eigenvalue weighted by Gasteiger charge is -2.32. The summed E-state index contributed by atoms with van der Waals surface area (Å²) in [5, 5.41) is 3.65. The number of nitrogens with one attached hydrogen (secondary N) is 1. The first-order valence-electron chi connectivity index (χ1n) is 12.3. The van der Waals surface area contributed by atoms with Gasteiger partial charge in [0.05, 0.1) is 20.6 Å². The van der Waals surface area contributed by atoms with Crippen LogP contribution in [0.2, 0.25) is 15.1 Å². The average molecular weight is 611 g/mol. The van der Waals surface area contributed by atoms with E-state index in [1.54, 1.807) is 43.3 Å². The lowest BCUT2D eigenvalue weighted by atomic mass is 10.1. The van der Waals surface area contributed by atoms with Crippen molar-refractivity contribution in [3.63, 3.8) is 0 Å². The average Bonchev–Trinajstić information content (AvgIpc) is 2.90. The van der Waals surface area contributed by atoms with Crippen molar-refractivity contribution in [2.75, 3.05) is 17.4 Å². The molecule has 0 saturated carbocycles. The Morgan fingerprint density at radius 2 is 1.64 bits per heavy atom. The van der Waals surface area contributed by atoms with Gasteiger partial charge in [0, 0.05) is 18.1 Å². The van der Waals surface area contributed by atoms with Gasteiger partial charge in [-0.15, -0.1) is 0 Å². The van der Waals surface area contributed by atoms with Gasteiger partial charge in [-0.25, -0.2) is 8.42 Å². The number of sulfonamides is 1. The quantitative estimate of drug-likeness (QED) is 0.285. The maximum absolute atomic E-state index is 13.9. The Morgan fingerprint density at radius 3 is 2.26 bits per heavy atom. The molecule has 3 aromatic rings. The molecular formula is C28H30Cl3N3O4S. The summed E-state index contributed by atoms with van der Waals surface area (Å²) < 4.78 is 28.6. The highest BCUT2D eigenvalue weighted by Crippen LogP contribution is 2.31. The van der Waals surface area contributed by atoms with Crippen LogP contribution in [0.4, 0.5) is 5.69 Å². The van der Waals surface area contributed by atoms with Crippen LogP contribution < -0.4 is 9.62 Å². The van der Waals surface area contributed by atoms with E-state index in [-0.39, 0.29) is 33.1 Å². The van der Waals surface area contributed by atoms with Gasteiger partial charge in [-0.1, -0.05) is 71.6 Å². The lowest BCUT2D eigenvalue weighted by molar-refractivity contribution is -0.139. The minimum atomic E-state index is -4.21. The first-order chi connectivity index (χ1) is 18.4. The molecule has 0 aliphatic carbocycles. The predicted octanol–water partition coefficient (Wildman–Crippen LogP) is 6.09. The second-order valence-electron chi connectivity index (χ2n) is 9.04. The molecule has 1 atom stereocenters. The molecule has 11 heteroatoms. The Bertz CT molecular complexity index is 1430. The third-order valence-electron chi connectivity index (χ3n) is 6.04. The minimum absolute atomic E-state index is 0.00195. The van der Waals surface area contributed by atoms with Crippen molar-refractivity contribution in [1.82, 2.24) is 10.2 Å². The minimum Gasteiger partial charge on any atom is -0.354 e. The zero-order valence-corrected chi connectivity index (χ0v) is 24.9. The summed E-state index contributed by atoms with van der Waals surface area (Å²) in [4.78, 5) is 28.1. The van der Waals surface area contributed by atoms with E-state index in [2.05, 4.69) is 5.32 Å². The number of anilines is 1. The van der Waals surface area contributed by atoms with Gasteiger partial charge in [-0.05, 0) is 68.3 Å². The van der Waals surface area contributed by atoms with Gasteiger partial charge in [0.2, 0.25) is 11.8 Å². The summed E-state index contributed by atoms with van der Waals surface area (Å²) in [7, 11) is -4.21. The molecule has 0 heterocycles. The number of nitrogens with zero attached hydrogens (tertiary/aromatic N) is 2. The molecule has 7 nitrogen and oxygen atoms in total. The van der Waals surface area contributed by atoms with Gasteiger partial charge in [0.1, 0.15) is 12.6 Å². The number of aryl methyl sites for hydroxylation is 1. The van der Waals surface area contributed by atoms with Crippen molar-refractivity contribution in [2.45, 2.75) is 44.7 Å². The Balaban J connectivity index is 2.04. The van der Waals surface area contributed by atoms with Gasteiger partial charge in [-0.2, -0.15) is 0 Å². The van der Waals surface area contributed by atoms with E-state index in [0.717, 1.165) is 16.3 Å². The maximum atomic E-state index is 13.9. The molecule has 1 N–H and O–H groups in total. The molecule has 0 fully saturated rings. The van der Waals surface area contributed by atoms with Gasteiger partial charge in [0.25, 0.3) is 10.0 Å². The van der Waals surface area contributed by atoms with Crippen LogP contribution in [0.15, 0.2) is 71.6 Å². The zero-order valence-electron chi connectivity index (χ0n) is 21.8. The maximum Gasteiger partial charge on any atom is 0.264 e. The summed E-state index contributed by atoms with van der Waals surface area (Å²) in [6.45, 7) is 5.27. The van der Waals surface area contributed by atoms with E-state index >= 15 is 0 Å².